The van der Waals surface area contributed by atoms with E-state index < -0.39 is 47.1 Å². The molecule has 0 spiro atoms. The molecule has 178 valence electrons. The van der Waals surface area contributed by atoms with Crippen LogP contribution in [0.1, 0.15) is 6.42 Å². The second-order valence-electron chi connectivity index (χ2n) is 6.96. The fraction of sp³-hybridized carbons (Fsp3) is 0.647. The molecule has 1 saturated heterocycles. The van der Waals surface area contributed by atoms with Gasteiger partial charge in [0.2, 0.25) is 5.95 Å². The van der Waals surface area contributed by atoms with Gasteiger partial charge in [-0.1, -0.05) is 0 Å². The number of H-pyrrole nitrogens is 1. The van der Waals surface area contributed by atoms with E-state index in [-0.39, 0.29) is 25.0 Å². The summed E-state index contributed by atoms with van der Waals surface area (Å²) in [5.74, 6) is 2.71. The van der Waals surface area contributed by atoms with Crippen LogP contribution in [0.5, 0.6) is 0 Å². The molecule has 3 heterocycles. The average molecular weight is 491 g/mol. The lowest BCUT2D eigenvalue weighted by molar-refractivity contribution is -0.0186. The average Bonchev–Trinajstić information content (AvgIpc) is 3.24. The number of nitrogens with zero attached hydrogens (tertiary/aromatic N) is 3. The lowest BCUT2D eigenvalue weighted by Crippen LogP contribution is -2.45. The molecular formula is C17H27N5O8P2. The Morgan fingerprint density at radius 2 is 2.12 bits per heavy atom. The van der Waals surface area contributed by atoms with Crippen molar-refractivity contribution in [3.05, 3.63) is 10.4 Å². The molecule has 0 radical (unpaired) electrons. The van der Waals surface area contributed by atoms with Crippen molar-refractivity contribution in [2.75, 3.05) is 56.2 Å². The Kier molecular flexibility index (Phi) is 8.63. The Balaban J connectivity index is 1.65. The Morgan fingerprint density at radius 1 is 1.38 bits per heavy atom. The van der Waals surface area contributed by atoms with Gasteiger partial charge in [-0.3, -0.25) is 14.1 Å². The summed E-state index contributed by atoms with van der Waals surface area (Å²) in [6, 6.07) is 0. The molecule has 1 fully saturated rings. The zero-order valence-electron chi connectivity index (χ0n) is 17.9. The SMILES string of the molecule is C#CCCP(OC)OP(OC)OCC1OC(N2CN(C)c3c2nc(N)[nH]c3=O)C(O)C1O. The lowest BCUT2D eigenvalue weighted by atomic mass is 10.1. The van der Waals surface area contributed by atoms with Crippen molar-refractivity contribution in [1.29, 1.82) is 0 Å². The van der Waals surface area contributed by atoms with Crippen LogP contribution in [0.25, 0.3) is 0 Å². The van der Waals surface area contributed by atoms with Gasteiger partial charge in [-0.2, -0.15) is 4.98 Å². The van der Waals surface area contributed by atoms with E-state index in [0.717, 1.165) is 0 Å². The molecule has 0 bridgehead atoms. The largest absolute Gasteiger partial charge is 0.387 e. The van der Waals surface area contributed by atoms with E-state index in [1.165, 1.54) is 14.2 Å². The zero-order chi connectivity index (χ0) is 23.4. The molecule has 1 aromatic heterocycles. The van der Waals surface area contributed by atoms with Crippen molar-refractivity contribution >= 4 is 34.4 Å². The number of terminal acetylenes is 1. The maximum absolute atomic E-state index is 12.2. The lowest BCUT2D eigenvalue weighted by Gasteiger charge is -2.27. The van der Waals surface area contributed by atoms with Gasteiger partial charge in [-0.15, -0.1) is 12.3 Å². The summed E-state index contributed by atoms with van der Waals surface area (Å²) in [6.45, 7) is 0.0931. The predicted molar refractivity (Wildman–Crippen MR) is 119 cm³/mol. The Hall–Kier alpha value is -1.58. The third-order valence-corrected chi connectivity index (χ3v) is 7.77. The van der Waals surface area contributed by atoms with Crippen molar-refractivity contribution in [3.63, 3.8) is 0 Å². The van der Waals surface area contributed by atoms with E-state index in [1.807, 2.05) is 0 Å². The second kappa shape index (κ2) is 11.0. The maximum Gasteiger partial charge on any atom is 0.338 e. The first-order valence-corrected chi connectivity index (χ1v) is 12.1. The van der Waals surface area contributed by atoms with Gasteiger partial charge in [-0.05, 0) is 0 Å². The van der Waals surface area contributed by atoms with Crippen LogP contribution in [0.3, 0.4) is 0 Å². The van der Waals surface area contributed by atoms with Crippen molar-refractivity contribution in [2.45, 2.75) is 31.0 Å². The van der Waals surface area contributed by atoms with Gasteiger partial charge in [0.05, 0.1) is 13.3 Å². The van der Waals surface area contributed by atoms with Crippen LogP contribution < -0.4 is 21.1 Å². The van der Waals surface area contributed by atoms with Crippen molar-refractivity contribution in [2.24, 2.45) is 0 Å². The molecule has 0 amide bonds. The first-order valence-electron chi connectivity index (χ1n) is 9.60. The number of nitrogens with two attached hydrogens (primary N) is 1. The normalized spacial score (nSPS) is 26.8. The minimum atomic E-state index is -1.79. The van der Waals surface area contributed by atoms with Crippen LogP contribution >= 0.6 is 17.0 Å². The van der Waals surface area contributed by atoms with E-state index in [2.05, 4.69) is 15.9 Å². The van der Waals surface area contributed by atoms with Gasteiger partial charge in [0, 0.05) is 33.8 Å². The fourth-order valence-electron chi connectivity index (χ4n) is 3.35. The summed E-state index contributed by atoms with van der Waals surface area (Å²) in [5.41, 5.74) is 5.56. The van der Waals surface area contributed by atoms with Gasteiger partial charge in [0.1, 0.15) is 24.0 Å². The number of aliphatic hydroxyl groups is 2. The van der Waals surface area contributed by atoms with Crippen LogP contribution in [-0.2, 0) is 22.6 Å². The predicted octanol–water partition coefficient (Wildman–Crippen LogP) is -0.0994. The molecule has 32 heavy (non-hydrogen) atoms. The summed E-state index contributed by atoms with van der Waals surface area (Å²) >= 11 is 0. The summed E-state index contributed by atoms with van der Waals surface area (Å²) in [7, 11) is 1.55. The third-order valence-electron chi connectivity index (χ3n) is 4.85. The third kappa shape index (κ3) is 5.31. The Bertz CT molecular complexity index is 885. The van der Waals surface area contributed by atoms with Crippen LogP contribution in [0.4, 0.5) is 17.5 Å². The van der Waals surface area contributed by atoms with E-state index in [4.69, 9.17) is 34.8 Å². The van der Waals surface area contributed by atoms with Crippen LogP contribution in [-0.4, -0.2) is 85.4 Å². The van der Waals surface area contributed by atoms with Crippen LogP contribution in [0.2, 0.25) is 0 Å². The molecule has 6 atom stereocenters. The van der Waals surface area contributed by atoms with Crippen LogP contribution in [0, 0.1) is 12.3 Å². The van der Waals surface area contributed by atoms with Gasteiger partial charge in [0.15, 0.2) is 20.4 Å². The van der Waals surface area contributed by atoms with Gasteiger partial charge in [0.25, 0.3) is 5.56 Å². The number of fused-ring (bicyclic) bond motifs is 1. The van der Waals surface area contributed by atoms with E-state index in [0.29, 0.717) is 18.3 Å². The molecule has 0 aliphatic carbocycles. The highest BCUT2D eigenvalue weighted by atomic mass is 31.2. The van der Waals surface area contributed by atoms with E-state index in [9.17, 15) is 15.0 Å². The van der Waals surface area contributed by atoms with Gasteiger partial charge >= 0.3 is 8.60 Å². The molecule has 6 unspecified atom stereocenters. The highest BCUT2D eigenvalue weighted by Crippen LogP contribution is 2.54. The maximum atomic E-state index is 12.2. The van der Waals surface area contributed by atoms with Crippen LogP contribution in [0.15, 0.2) is 4.79 Å². The topological polar surface area (TPSA) is 165 Å². The fourth-order valence-corrected chi connectivity index (χ4v) is 5.86. The van der Waals surface area contributed by atoms with Gasteiger partial charge < -0.3 is 44.1 Å². The Labute approximate surface area is 187 Å². The first kappa shape index (κ1) is 25.1. The molecule has 3 rings (SSSR count). The number of aromatic amines is 1. The monoisotopic (exact) mass is 491 g/mol. The van der Waals surface area contributed by atoms with Crippen molar-refractivity contribution < 1.29 is 32.8 Å². The molecule has 5 N–H and O–H groups in total. The highest BCUT2D eigenvalue weighted by molar-refractivity contribution is 7.58. The number of rotatable bonds is 10. The number of aliphatic hydroxyl groups excluding tert-OH is 2. The van der Waals surface area contributed by atoms with Crippen molar-refractivity contribution in [3.8, 4) is 12.3 Å². The number of hydrogen-bond donors (Lipinski definition) is 4. The smallest absolute Gasteiger partial charge is 0.338 e. The summed E-state index contributed by atoms with van der Waals surface area (Å²) in [4.78, 5) is 22.1. The molecule has 1 aromatic rings. The molecule has 0 saturated carbocycles. The molecule has 2 aliphatic rings. The van der Waals surface area contributed by atoms with E-state index >= 15 is 0 Å². The quantitative estimate of drug-likeness (QED) is 0.254. The standard InChI is InChI=1S/C17H27N5O8P2/c1-5-6-7-31(26-3)30-32(27-4)28-8-10-12(23)13(24)16(29-10)22-9-21(2)11-14(22)19-17(18)20-15(11)25/h1,10,12-13,16,23-24H,6-9H2,2-4H3,(H3,18,19,20,25). The number of hydrogen-bond acceptors (Lipinski definition) is 12. The number of ether oxygens (including phenoxy) is 1. The minimum Gasteiger partial charge on any atom is -0.387 e. The van der Waals surface area contributed by atoms with E-state index in [1.54, 1.807) is 16.8 Å². The first-order chi connectivity index (χ1) is 15.3. The molecular weight excluding hydrogens is 464 g/mol. The number of aromatic nitrogens is 2. The highest BCUT2D eigenvalue weighted by Gasteiger charge is 2.49. The number of anilines is 3. The van der Waals surface area contributed by atoms with Crippen molar-refractivity contribution in [1.82, 2.24) is 9.97 Å². The zero-order valence-corrected chi connectivity index (χ0v) is 19.7. The second-order valence-corrected chi connectivity index (χ2v) is 10.2. The number of nitrogens with one attached hydrogen (secondary N) is 1. The summed E-state index contributed by atoms with van der Waals surface area (Å²) in [6.07, 6.45) is 1.88. The minimum absolute atomic E-state index is 0.0654. The summed E-state index contributed by atoms with van der Waals surface area (Å²) in [5, 5.41) is 21.1. The molecule has 15 heteroatoms. The Morgan fingerprint density at radius 3 is 2.78 bits per heavy atom. The summed E-state index contributed by atoms with van der Waals surface area (Å²) < 4.78 is 27.7. The molecule has 0 aromatic carbocycles. The van der Waals surface area contributed by atoms with Gasteiger partial charge in [-0.25, -0.2) is 0 Å². The molecule has 2 aliphatic heterocycles. The number of nitrogen functional groups attached to an aromatic ring is 1. The molecule has 13 nitrogen and oxygen atoms in total.